The van der Waals surface area contributed by atoms with Crippen molar-refractivity contribution in [3.63, 3.8) is 0 Å². The Balaban J connectivity index is 2.64. The van der Waals surface area contributed by atoms with E-state index in [1.54, 1.807) is 0 Å². The Bertz CT molecular complexity index is 251. The highest BCUT2D eigenvalue weighted by molar-refractivity contribution is 6.67. The zero-order valence-corrected chi connectivity index (χ0v) is 9.50. The highest BCUT2D eigenvalue weighted by atomic mass is 35.6. The van der Waals surface area contributed by atoms with Crippen LogP contribution in [0.1, 0.15) is 18.9 Å². The molecule has 0 saturated heterocycles. The maximum absolute atomic E-state index is 5.69. The van der Waals surface area contributed by atoms with Crippen LogP contribution in [0.4, 0.5) is 0 Å². The molecule has 0 heterocycles. The minimum Gasteiger partial charge on any atom is -0.0837 e. The molecule has 0 bridgehead atoms. The smallest absolute Gasteiger partial charge is 0.0837 e. The van der Waals surface area contributed by atoms with E-state index in [2.05, 4.69) is 0 Å². The topological polar surface area (TPSA) is 0 Å². The molecule has 13 heavy (non-hydrogen) atoms. The van der Waals surface area contributed by atoms with Gasteiger partial charge in [0.1, 0.15) is 0 Å². The monoisotopic (exact) mass is 235 g/mol. The number of hydrogen-bond acceptors (Lipinski definition) is 0. The van der Waals surface area contributed by atoms with Crippen molar-refractivity contribution in [3.8, 4) is 0 Å². The van der Waals surface area contributed by atoms with Gasteiger partial charge < -0.3 is 0 Å². The van der Waals surface area contributed by atoms with Crippen molar-refractivity contribution < 1.29 is 0 Å². The van der Waals surface area contributed by atoms with Gasteiger partial charge in [-0.15, -0.1) is 0 Å². The molecule has 0 saturated carbocycles. The van der Waals surface area contributed by atoms with Gasteiger partial charge in [-0.2, -0.15) is 0 Å². The molecular weight excluding hydrogens is 226 g/mol. The largest absolute Gasteiger partial charge is 0.191 e. The van der Waals surface area contributed by atoms with Gasteiger partial charge in [-0.1, -0.05) is 72.1 Å². The third-order valence-electron chi connectivity index (χ3n) is 1.73. The van der Waals surface area contributed by atoms with Gasteiger partial charge in [-0.25, -0.2) is 0 Å². The Kier molecular flexibility index (Phi) is 3.90. The normalized spacial score (nSPS) is 12.1. The van der Waals surface area contributed by atoms with Crippen LogP contribution in [0.25, 0.3) is 0 Å². The molecule has 0 aliphatic heterocycles. The molecule has 0 nitrogen and oxygen atoms in total. The molecule has 0 aliphatic carbocycles. The number of benzene rings is 1. The lowest BCUT2D eigenvalue weighted by atomic mass is 9.99. The second kappa shape index (κ2) is 4.54. The third kappa shape index (κ3) is 4.21. The Labute approximate surface area is 93.8 Å². The van der Waals surface area contributed by atoms with E-state index >= 15 is 0 Å². The van der Waals surface area contributed by atoms with Crippen molar-refractivity contribution in [2.45, 2.75) is 17.1 Å². The van der Waals surface area contributed by atoms with Crippen molar-refractivity contribution >= 4 is 34.8 Å². The average Bonchev–Trinajstić information content (AvgIpc) is 2.03. The minimum absolute atomic E-state index is 0.460. The summed E-state index contributed by atoms with van der Waals surface area (Å²) in [5.41, 5.74) is 1.12. The maximum Gasteiger partial charge on any atom is 0.191 e. The van der Waals surface area contributed by atoms with Gasteiger partial charge in [-0.3, -0.25) is 0 Å². The number of alkyl halides is 3. The summed E-state index contributed by atoms with van der Waals surface area (Å²) in [4.78, 5) is 0. The van der Waals surface area contributed by atoms with E-state index in [4.69, 9.17) is 34.8 Å². The fourth-order valence-corrected chi connectivity index (χ4v) is 1.73. The van der Waals surface area contributed by atoms with E-state index in [9.17, 15) is 0 Å². The van der Waals surface area contributed by atoms with Gasteiger partial charge in [0.25, 0.3) is 0 Å². The van der Waals surface area contributed by atoms with Crippen molar-refractivity contribution in [1.29, 1.82) is 0 Å². The summed E-state index contributed by atoms with van der Waals surface area (Å²) < 4.78 is -1.19. The molecule has 0 aromatic heterocycles. The van der Waals surface area contributed by atoms with Crippen LogP contribution in [0.3, 0.4) is 0 Å². The molecule has 0 aliphatic rings. The molecule has 1 aromatic rings. The fraction of sp³-hybridized carbons (Fsp3) is 0.300. The average molecular weight is 237 g/mol. The van der Waals surface area contributed by atoms with Crippen LogP contribution in [0.15, 0.2) is 30.3 Å². The summed E-state index contributed by atoms with van der Waals surface area (Å²) in [7, 11) is 0. The summed E-state index contributed by atoms with van der Waals surface area (Å²) in [5, 5.41) is 0. The molecule has 1 radical (unpaired) electrons. The van der Waals surface area contributed by atoms with E-state index in [-0.39, 0.29) is 0 Å². The molecule has 0 N–H and O–H groups in total. The third-order valence-corrected chi connectivity index (χ3v) is 2.13. The van der Waals surface area contributed by atoms with E-state index in [1.165, 1.54) is 0 Å². The van der Waals surface area contributed by atoms with Crippen LogP contribution in [0.5, 0.6) is 0 Å². The summed E-state index contributed by atoms with van der Waals surface area (Å²) in [6.45, 7) is 1.97. The summed E-state index contributed by atoms with van der Waals surface area (Å²) >= 11 is 17.1. The second-order valence-corrected chi connectivity index (χ2v) is 5.45. The first-order valence-corrected chi connectivity index (χ1v) is 5.07. The van der Waals surface area contributed by atoms with Gasteiger partial charge in [-0.05, 0) is 5.56 Å². The Morgan fingerprint density at radius 3 is 2.15 bits per heavy atom. The summed E-state index contributed by atoms with van der Waals surface area (Å²) in [5.74, 6) is 1.08. The van der Waals surface area contributed by atoms with Crippen molar-refractivity contribution in [1.82, 2.24) is 0 Å². The Hall–Kier alpha value is 0.0900. The summed E-state index contributed by atoms with van der Waals surface area (Å²) in [6, 6.07) is 9.91. The predicted molar refractivity (Wildman–Crippen MR) is 59.4 cm³/mol. The lowest BCUT2D eigenvalue weighted by molar-refractivity contribution is 0.888. The van der Waals surface area contributed by atoms with Crippen LogP contribution < -0.4 is 0 Å². The Morgan fingerprint density at radius 1 is 1.15 bits per heavy atom. The van der Waals surface area contributed by atoms with Crippen LogP contribution >= 0.6 is 34.8 Å². The lowest BCUT2D eigenvalue weighted by Crippen LogP contribution is -2.08. The first-order chi connectivity index (χ1) is 5.99. The molecule has 1 aromatic carbocycles. The van der Waals surface area contributed by atoms with Crippen LogP contribution in [-0.4, -0.2) is 3.79 Å². The van der Waals surface area contributed by atoms with E-state index in [0.29, 0.717) is 6.42 Å². The molecule has 0 unspecified atom stereocenters. The molecule has 0 spiro atoms. The molecule has 0 atom stereocenters. The van der Waals surface area contributed by atoms with Crippen LogP contribution in [0.2, 0.25) is 0 Å². The number of hydrogen-bond donors (Lipinski definition) is 0. The minimum atomic E-state index is -1.19. The lowest BCUT2D eigenvalue weighted by Gasteiger charge is -2.16. The SMILES string of the molecule is C[C](CC(Cl)(Cl)Cl)c1ccccc1. The van der Waals surface area contributed by atoms with E-state index in [1.807, 2.05) is 37.3 Å². The van der Waals surface area contributed by atoms with Crippen LogP contribution in [-0.2, 0) is 0 Å². The van der Waals surface area contributed by atoms with Crippen molar-refractivity contribution in [2.24, 2.45) is 0 Å². The number of rotatable bonds is 2. The maximum atomic E-state index is 5.69. The van der Waals surface area contributed by atoms with E-state index < -0.39 is 3.79 Å². The molecule has 0 amide bonds. The first kappa shape index (κ1) is 11.2. The molecular formula is C10H10Cl3. The van der Waals surface area contributed by atoms with Gasteiger partial charge in [0.05, 0.1) is 0 Å². The highest BCUT2D eigenvalue weighted by Crippen LogP contribution is 2.36. The standard InChI is InChI=1S/C10H10Cl3/c1-8(7-10(11,12)13)9-5-3-2-4-6-9/h2-6H,7H2,1H3. The van der Waals surface area contributed by atoms with Crippen LogP contribution in [0, 0.1) is 5.92 Å². The molecule has 3 heteroatoms. The zero-order chi connectivity index (χ0) is 9.90. The second-order valence-electron chi connectivity index (χ2n) is 2.94. The van der Waals surface area contributed by atoms with E-state index in [0.717, 1.165) is 11.5 Å². The number of halogens is 3. The first-order valence-electron chi connectivity index (χ1n) is 3.93. The molecule has 0 fully saturated rings. The quantitative estimate of drug-likeness (QED) is 0.668. The highest BCUT2D eigenvalue weighted by Gasteiger charge is 2.23. The van der Waals surface area contributed by atoms with Gasteiger partial charge >= 0.3 is 0 Å². The zero-order valence-electron chi connectivity index (χ0n) is 7.23. The van der Waals surface area contributed by atoms with Gasteiger partial charge in [0, 0.05) is 12.3 Å². The van der Waals surface area contributed by atoms with Gasteiger partial charge in [0.2, 0.25) is 0 Å². The van der Waals surface area contributed by atoms with Crippen molar-refractivity contribution in [3.05, 3.63) is 41.8 Å². The predicted octanol–water partition coefficient (Wildman–Crippen LogP) is 4.39. The molecule has 71 valence electrons. The summed E-state index contributed by atoms with van der Waals surface area (Å²) in [6.07, 6.45) is 0.460. The molecule has 1 rings (SSSR count). The fourth-order valence-electron chi connectivity index (χ4n) is 1.13. The Morgan fingerprint density at radius 2 is 1.69 bits per heavy atom. The van der Waals surface area contributed by atoms with Crippen molar-refractivity contribution in [2.75, 3.05) is 0 Å². The van der Waals surface area contributed by atoms with Gasteiger partial charge in [0.15, 0.2) is 3.79 Å².